The van der Waals surface area contributed by atoms with Crippen LogP contribution in [0.3, 0.4) is 0 Å². The molecule has 1 saturated carbocycles. The predicted octanol–water partition coefficient (Wildman–Crippen LogP) is 10.7. The molecule has 5 nitrogen and oxygen atoms in total. The molecule has 0 bridgehead atoms. The van der Waals surface area contributed by atoms with E-state index in [-0.39, 0.29) is 12.3 Å². The Bertz CT molecular complexity index is 1440. The van der Waals surface area contributed by atoms with Gasteiger partial charge in [-0.25, -0.2) is 0 Å². The third kappa shape index (κ3) is 10.2. The molecular formula is C44H59ClN2O3. The Hall–Kier alpha value is -3.15. The summed E-state index contributed by atoms with van der Waals surface area (Å²) in [5.74, 6) is 0.0622. The number of rotatable bonds is 11. The first-order valence-electron chi connectivity index (χ1n) is 19.7. The second-order valence-corrected chi connectivity index (χ2v) is 14.9. The third-order valence-electron chi connectivity index (χ3n) is 10.8. The molecule has 3 aromatic carbocycles. The summed E-state index contributed by atoms with van der Waals surface area (Å²) in [6.45, 7) is 4.19. The molecule has 1 saturated heterocycles. The highest BCUT2D eigenvalue weighted by atomic mass is 35.5. The molecule has 1 N–H and O–H groups in total. The van der Waals surface area contributed by atoms with Gasteiger partial charge in [-0.05, 0) is 62.6 Å². The van der Waals surface area contributed by atoms with Gasteiger partial charge in [-0.2, -0.15) is 0 Å². The molecule has 5 rings (SSSR count). The number of piperidine rings is 1. The number of carbonyl (C=O) groups is 2. The van der Waals surface area contributed by atoms with Gasteiger partial charge in [0.2, 0.25) is 5.91 Å². The summed E-state index contributed by atoms with van der Waals surface area (Å²) in [7, 11) is 0. The zero-order valence-corrected chi connectivity index (χ0v) is 31.1. The van der Waals surface area contributed by atoms with E-state index in [4.69, 9.17) is 16.3 Å². The van der Waals surface area contributed by atoms with Gasteiger partial charge in [-0.15, -0.1) is 0 Å². The minimum Gasteiger partial charge on any atom is -0.444 e. The van der Waals surface area contributed by atoms with Crippen LogP contribution < -0.4 is 5.32 Å². The van der Waals surface area contributed by atoms with Crippen LogP contribution in [0.5, 0.6) is 0 Å². The molecule has 2 aliphatic rings. The highest BCUT2D eigenvalue weighted by molar-refractivity contribution is 6.31. The predicted molar refractivity (Wildman–Crippen MR) is 206 cm³/mol. The van der Waals surface area contributed by atoms with E-state index in [0.717, 1.165) is 49.9 Å². The summed E-state index contributed by atoms with van der Waals surface area (Å²) in [5, 5.41) is 3.89. The third-order valence-corrected chi connectivity index (χ3v) is 11.2. The van der Waals surface area contributed by atoms with Gasteiger partial charge in [0, 0.05) is 34.8 Å². The normalized spacial score (nSPS) is 18.9. The first kappa shape index (κ1) is 38.1. The fourth-order valence-electron chi connectivity index (χ4n) is 8.01. The van der Waals surface area contributed by atoms with Crippen molar-refractivity contribution in [1.29, 1.82) is 0 Å². The number of esters is 1. The van der Waals surface area contributed by atoms with Gasteiger partial charge in [0.15, 0.2) is 5.60 Å². The molecule has 1 unspecified atom stereocenters. The van der Waals surface area contributed by atoms with Crippen molar-refractivity contribution in [2.24, 2.45) is 0 Å². The molecule has 1 heterocycles. The molecule has 3 aromatic rings. The zero-order valence-electron chi connectivity index (χ0n) is 30.4. The lowest BCUT2D eigenvalue weighted by atomic mass is 9.78. The van der Waals surface area contributed by atoms with E-state index in [2.05, 4.69) is 36.5 Å². The maximum atomic E-state index is 14.3. The lowest BCUT2D eigenvalue weighted by molar-refractivity contribution is -0.156. The Labute approximate surface area is 306 Å². The Morgan fingerprint density at radius 3 is 1.88 bits per heavy atom. The van der Waals surface area contributed by atoms with Crippen LogP contribution in [0.1, 0.15) is 144 Å². The highest BCUT2D eigenvalue weighted by Gasteiger charge is 2.43. The van der Waals surface area contributed by atoms with Crippen molar-refractivity contribution in [1.82, 2.24) is 10.2 Å². The zero-order chi connectivity index (χ0) is 35.0. The average molecular weight is 699 g/mol. The Morgan fingerprint density at radius 2 is 1.28 bits per heavy atom. The van der Waals surface area contributed by atoms with Gasteiger partial charge in [-0.1, -0.05) is 156 Å². The van der Waals surface area contributed by atoms with Crippen molar-refractivity contribution in [2.75, 3.05) is 19.6 Å². The Balaban J connectivity index is 1.49. The summed E-state index contributed by atoms with van der Waals surface area (Å²) in [6.07, 6.45) is 19.7. The van der Waals surface area contributed by atoms with Crippen LogP contribution in [-0.4, -0.2) is 42.5 Å². The van der Waals surface area contributed by atoms with Gasteiger partial charge < -0.3 is 15.0 Å². The van der Waals surface area contributed by atoms with Crippen molar-refractivity contribution < 1.29 is 14.3 Å². The molecule has 6 heteroatoms. The molecular weight excluding hydrogens is 640 g/mol. The number of hydrogen-bond donors (Lipinski definition) is 1. The van der Waals surface area contributed by atoms with E-state index in [1.54, 1.807) is 0 Å². The number of nitrogens with one attached hydrogen (secondary N) is 1. The van der Waals surface area contributed by atoms with Crippen molar-refractivity contribution in [3.63, 3.8) is 0 Å². The van der Waals surface area contributed by atoms with E-state index in [0.29, 0.717) is 23.0 Å². The van der Waals surface area contributed by atoms with E-state index < -0.39 is 17.6 Å². The van der Waals surface area contributed by atoms with Crippen LogP contribution in [0.15, 0.2) is 78.9 Å². The topological polar surface area (TPSA) is 58.6 Å². The molecule has 0 radical (unpaired) electrons. The lowest BCUT2D eigenvalue weighted by Gasteiger charge is -2.37. The number of benzene rings is 3. The standard InChI is InChI=1S/C44H59ClN2O3/c1-2-31-46-41(43(49)47-32-19-12-20-33-47)34-42(48)50-44(37-23-15-11-16-24-37,39-25-17-18-26-40(39)45)38-29-27-36(28-30-38)35-21-13-9-7-5-3-4-6-8-10-14-22-35/h11,15-18,23-30,35,41,46H,2-10,12-14,19-22,31-34H2,1H3/t41-,44?/m0/s1. The Kier molecular flexibility index (Phi) is 15.3. The number of nitrogens with zero attached hydrogens (tertiary/aromatic N) is 1. The molecule has 1 amide bonds. The summed E-state index contributed by atoms with van der Waals surface area (Å²) >= 11 is 7.01. The van der Waals surface area contributed by atoms with Crippen LogP contribution in [0.4, 0.5) is 0 Å². The molecule has 50 heavy (non-hydrogen) atoms. The number of amides is 1. The van der Waals surface area contributed by atoms with Crippen LogP contribution >= 0.6 is 11.6 Å². The summed E-state index contributed by atoms with van der Waals surface area (Å²) in [6, 6.07) is 25.7. The molecule has 270 valence electrons. The number of carbonyl (C=O) groups excluding carboxylic acids is 2. The molecule has 1 aliphatic heterocycles. The van der Waals surface area contributed by atoms with E-state index in [1.165, 1.54) is 82.6 Å². The summed E-state index contributed by atoms with van der Waals surface area (Å²) < 4.78 is 6.78. The van der Waals surface area contributed by atoms with E-state index >= 15 is 0 Å². The van der Waals surface area contributed by atoms with Gasteiger partial charge in [0.05, 0.1) is 12.5 Å². The number of hydrogen-bond acceptors (Lipinski definition) is 4. The van der Waals surface area contributed by atoms with Gasteiger partial charge in [0.1, 0.15) is 0 Å². The first-order valence-corrected chi connectivity index (χ1v) is 20.1. The largest absolute Gasteiger partial charge is 0.444 e. The maximum absolute atomic E-state index is 14.3. The maximum Gasteiger partial charge on any atom is 0.309 e. The minimum atomic E-state index is -1.30. The summed E-state index contributed by atoms with van der Waals surface area (Å²) in [4.78, 5) is 29.9. The van der Waals surface area contributed by atoms with Crippen molar-refractivity contribution in [3.8, 4) is 0 Å². The van der Waals surface area contributed by atoms with Crippen molar-refractivity contribution in [2.45, 2.75) is 134 Å². The SMILES string of the molecule is CCCN[C@@H](CC(=O)OC(c1ccccc1)(c1ccc(C2CCCCCCCCCCCC2)cc1)c1ccccc1Cl)C(=O)N1CCCCC1. The minimum absolute atomic E-state index is 0.0184. The fourth-order valence-corrected chi connectivity index (χ4v) is 8.28. The molecule has 0 aromatic heterocycles. The molecule has 2 atom stereocenters. The fraction of sp³-hybridized carbons (Fsp3) is 0.545. The Morgan fingerprint density at radius 1 is 0.740 bits per heavy atom. The van der Waals surface area contributed by atoms with Gasteiger partial charge in [0.25, 0.3) is 0 Å². The second kappa shape index (κ2) is 20.0. The lowest BCUT2D eigenvalue weighted by Crippen LogP contribution is -2.50. The first-order chi connectivity index (χ1) is 24.5. The highest BCUT2D eigenvalue weighted by Crippen LogP contribution is 2.44. The molecule has 2 fully saturated rings. The number of ether oxygens (including phenoxy) is 1. The number of halogens is 1. The molecule has 0 spiro atoms. The molecule has 1 aliphatic carbocycles. The van der Waals surface area contributed by atoms with Crippen LogP contribution in [0.25, 0.3) is 0 Å². The van der Waals surface area contributed by atoms with Crippen LogP contribution in [0.2, 0.25) is 5.02 Å². The monoisotopic (exact) mass is 698 g/mol. The van der Waals surface area contributed by atoms with Crippen molar-refractivity contribution >= 4 is 23.5 Å². The van der Waals surface area contributed by atoms with E-state index in [9.17, 15) is 9.59 Å². The van der Waals surface area contributed by atoms with Crippen LogP contribution in [0, 0.1) is 0 Å². The van der Waals surface area contributed by atoms with Crippen molar-refractivity contribution in [3.05, 3.63) is 106 Å². The quantitative estimate of drug-likeness (QED) is 0.160. The second-order valence-electron chi connectivity index (χ2n) is 14.5. The van der Waals surface area contributed by atoms with Crippen LogP contribution in [-0.2, 0) is 19.9 Å². The van der Waals surface area contributed by atoms with E-state index in [1.807, 2.05) is 59.5 Å². The smallest absolute Gasteiger partial charge is 0.309 e. The van der Waals surface area contributed by atoms with Gasteiger partial charge >= 0.3 is 5.97 Å². The number of likely N-dealkylation sites (tertiary alicyclic amines) is 1. The van der Waals surface area contributed by atoms with Gasteiger partial charge in [-0.3, -0.25) is 9.59 Å². The summed E-state index contributed by atoms with van der Waals surface area (Å²) in [5.41, 5.74) is 2.42. The average Bonchev–Trinajstić information content (AvgIpc) is 3.18.